The van der Waals surface area contributed by atoms with E-state index in [-0.39, 0.29) is 5.82 Å². The first-order valence-electron chi connectivity index (χ1n) is 7.37. The maximum absolute atomic E-state index is 13.3. The van der Waals surface area contributed by atoms with E-state index < -0.39 is 0 Å². The summed E-state index contributed by atoms with van der Waals surface area (Å²) in [6, 6.07) is 12.8. The van der Waals surface area contributed by atoms with Crippen molar-refractivity contribution in [1.29, 1.82) is 0 Å². The Hall–Kier alpha value is -1.87. The van der Waals surface area contributed by atoms with Crippen LogP contribution >= 0.6 is 0 Å². The Bertz CT molecular complexity index is 583. The molecular weight excluding hydrogens is 265 g/mol. The summed E-state index contributed by atoms with van der Waals surface area (Å²) >= 11 is 0. The van der Waals surface area contributed by atoms with Crippen molar-refractivity contribution >= 4 is 0 Å². The van der Waals surface area contributed by atoms with Crippen molar-refractivity contribution in [3.63, 3.8) is 0 Å². The van der Waals surface area contributed by atoms with Crippen LogP contribution in [-0.4, -0.2) is 6.54 Å². The molecule has 0 aromatic heterocycles. The van der Waals surface area contributed by atoms with Gasteiger partial charge in [0.25, 0.3) is 0 Å². The summed E-state index contributed by atoms with van der Waals surface area (Å²) in [5.74, 6) is 0.333. The van der Waals surface area contributed by atoms with Gasteiger partial charge in [0, 0.05) is 12.6 Å². The summed E-state index contributed by atoms with van der Waals surface area (Å²) in [4.78, 5) is 0. The molecule has 2 aromatic rings. The maximum atomic E-state index is 13.3. The van der Waals surface area contributed by atoms with Gasteiger partial charge in [-0.2, -0.15) is 0 Å². The number of hydrogen-bond acceptors (Lipinski definition) is 2. The summed E-state index contributed by atoms with van der Waals surface area (Å²) in [5, 5.41) is 3.39. The lowest BCUT2D eigenvalue weighted by Gasteiger charge is -2.13. The molecular formula is C18H22FNO. The highest BCUT2D eigenvalue weighted by atomic mass is 19.1. The van der Waals surface area contributed by atoms with Crippen LogP contribution in [0.4, 0.5) is 4.39 Å². The van der Waals surface area contributed by atoms with E-state index >= 15 is 0 Å². The van der Waals surface area contributed by atoms with Crippen LogP contribution in [0.5, 0.6) is 5.75 Å². The van der Waals surface area contributed by atoms with E-state index in [1.54, 1.807) is 6.07 Å². The van der Waals surface area contributed by atoms with Crippen LogP contribution in [0, 0.1) is 12.7 Å². The number of benzene rings is 2. The van der Waals surface area contributed by atoms with E-state index in [1.807, 2.05) is 19.1 Å². The molecule has 3 heteroatoms. The topological polar surface area (TPSA) is 21.3 Å². The van der Waals surface area contributed by atoms with Crippen molar-refractivity contribution in [3.8, 4) is 5.75 Å². The number of ether oxygens (including phenoxy) is 1. The molecule has 0 fully saturated rings. The zero-order chi connectivity index (χ0) is 15.1. The van der Waals surface area contributed by atoms with Gasteiger partial charge in [0.2, 0.25) is 0 Å². The first-order chi connectivity index (χ1) is 10.2. The Morgan fingerprint density at radius 1 is 1.10 bits per heavy atom. The van der Waals surface area contributed by atoms with Crippen molar-refractivity contribution in [1.82, 2.24) is 5.32 Å². The second-order valence-electron chi connectivity index (χ2n) is 5.14. The van der Waals surface area contributed by atoms with Crippen molar-refractivity contribution in [2.75, 3.05) is 6.54 Å². The average molecular weight is 287 g/mol. The van der Waals surface area contributed by atoms with Crippen molar-refractivity contribution < 1.29 is 9.13 Å². The van der Waals surface area contributed by atoms with Gasteiger partial charge in [0.15, 0.2) is 0 Å². The van der Waals surface area contributed by atoms with E-state index in [9.17, 15) is 4.39 Å². The minimum absolute atomic E-state index is 0.270. The van der Waals surface area contributed by atoms with Gasteiger partial charge < -0.3 is 10.1 Å². The highest BCUT2D eigenvalue weighted by Gasteiger charge is 2.05. The Morgan fingerprint density at radius 3 is 2.62 bits per heavy atom. The van der Waals surface area contributed by atoms with Gasteiger partial charge >= 0.3 is 0 Å². The third-order valence-corrected chi connectivity index (χ3v) is 3.39. The second-order valence-corrected chi connectivity index (χ2v) is 5.14. The average Bonchev–Trinajstić information content (AvgIpc) is 2.49. The minimum Gasteiger partial charge on any atom is -0.489 e. The van der Waals surface area contributed by atoms with Crippen molar-refractivity contribution in [3.05, 3.63) is 65.0 Å². The van der Waals surface area contributed by atoms with Crippen molar-refractivity contribution in [2.24, 2.45) is 0 Å². The Morgan fingerprint density at radius 2 is 1.86 bits per heavy atom. The molecule has 0 aliphatic rings. The predicted molar refractivity (Wildman–Crippen MR) is 83.9 cm³/mol. The number of rotatable bonds is 7. The van der Waals surface area contributed by atoms with Crippen molar-refractivity contribution in [2.45, 2.75) is 33.4 Å². The highest BCUT2D eigenvalue weighted by molar-refractivity contribution is 5.33. The van der Waals surface area contributed by atoms with Gasteiger partial charge in [-0.1, -0.05) is 37.3 Å². The van der Waals surface area contributed by atoms with E-state index in [4.69, 9.17) is 4.74 Å². The van der Waals surface area contributed by atoms with E-state index in [1.165, 1.54) is 17.7 Å². The maximum Gasteiger partial charge on any atom is 0.126 e. The molecule has 21 heavy (non-hydrogen) atoms. The minimum atomic E-state index is -0.270. The van der Waals surface area contributed by atoms with Crippen LogP contribution in [-0.2, 0) is 13.2 Å². The molecule has 1 N–H and O–H groups in total. The Balaban J connectivity index is 2.04. The van der Waals surface area contributed by atoms with Crippen LogP contribution in [0.1, 0.15) is 30.0 Å². The first kappa shape index (κ1) is 15.5. The summed E-state index contributed by atoms with van der Waals surface area (Å²) in [6.07, 6.45) is 1.11. The van der Waals surface area contributed by atoms with E-state index in [0.29, 0.717) is 12.4 Å². The smallest absolute Gasteiger partial charge is 0.126 e. The molecule has 2 nitrogen and oxygen atoms in total. The molecule has 112 valence electrons. The zero-order valence-corrected chi connectivity index (χ0v) is 12.7. The van der Waals surface area contributed by atoms with Gasteiger partial charge in [-0.15, -0.1) is 0 Å². The monoisotopic (exact) mass is 287 g/mol. The van der Waals surface area contributed by atoms with Crippen LogP contribution in [0.3, 0.4) is 0 Å². The molecule has 2 aromatic carbocycles. The van der Waals surface area contributed by atoms with Crippen LogP contribution in [0.15, 0.2) is 42.5 Å². The summed E-state index contributed by atoms with van der Waals surface area (Å²) in [7, 11) is 0. The van der Waals surface area contributed by atoms with E-state index in [2.05, 4.69) is 24.4 Å². The molecule has 0 radical (unpaired) electrons. The molecule has 0 heterocycles. The third-order valence-electron chi connectivity index (χ3n) is 3.39. The molecule has 0 aliphatic carbocycles. The quantitative estimate of drug-likeness (QED) is 0.770. The van der Waals surface area contributed by atoms with Gasteiger partial charge in [-0.3, -0.25) is 0 Å². The normalized spacial score (nSPS) is 10.6. The number of halogens is 1. The lowest BCUT2D eigenvalue weighted by atomic mass is 10.1. The lowest BCUT2D eigenvalue weighted by molar-refractivity contribution is 0.301. The van der Waals surface area contributed by atoms with Gasteiger partial charge in [-0.05, 0) is 42.6 Å². The molecule has 0 amide bonds. The molecule has 0 unspecified atom stereocenters. The molecule has 0 bridgehead atoms. The number of hydrogen-bond donors (Lipinski definition) is 1. The standard InChI is InChI=1S/C18H22FNO/c1-3-10-20-12-15-6-4-5-7-16(15)13-21-18-11-17(19)9-8-14(18)2/h4-9,11,20H,3,10,12-13H2,1-2H3. The first-order valence-corrected chi connectivity index (χ1v) is 7.37. The summed E-state index contributed by atoms with van der Waals surface area (Å²) in [5.41, 5.74) is 3.29. The molecule has 0 aliphatic heterocycles. The molecule has 0 spiro atoms. The molecule has 0 saturated heterocycles. The predicted octanol–water partition coefficient (Wildman–Crippen LogP) is 4.21. The van der Waals surface area contributed by atoms with Crippen LogP contribution in [0.2, 0.25) is 0 Å². The number of nitrogens with one attached hydrogen (secondary N) is 1. The fourth-order valence-corrected chi connectivity index (χ4v) is 2.16. The van der Waals surface area contributed by atoms with Gasteiger partial charge in [-0.25, -0.2) is 4.39 Å². The zero-order valence-electron chi connectivity index (χ0n) is 12.7. The third kappa shape index (κ3) is 4.57. The summed E-state index contributed by atoms with van der Waals surface area (Å²) < 4.78 is 19.1. The van der Waals surface area contributed by atoms with Crippen LogP contribution < -0.4 is 10.1 Å². The number of aryl methyl sites for hydroxylation is 1. The molecule has 0 atom stereocenters. The van der Waals surface area contributed by atoms with E-state index in [0.717, 1.165) is 30.6 Å². The lowest BCUT2D eigenvalue weighted by Crippen LogP contribution is -2.15. The van der Waals surface area contributed by atoms with Crippen LogP contribution in [0.25, 0.3) is 0 Å². The Kier molecular flexibility index (Phi) is 5.76. The molecule has 2 rings (SSSR count). The Labute approximate surface area is 126 Å². The molecule has 0 saturated carbocycles. The fraction of sp³-hybridized carbons (Fsp3) is 0.333. The summed E-state index contributed by atoms with van der Waals surface area (Å²) in [6.45, 7) is 6.35. The second kappa shape index (κ2) is 7.79. The fourth-order valence-electron chi connectivity index (χ4n) is 2.16. The van der Waals surface area contributed by atoms with Gasteiger partial charge in [0.05, 0.1) is 0 Å². The largest absolute Gasteiger partial charge is 0.489 e. The SMILES string of the molecule is CCCNCc1ccccc1COc1cc(F)ccc1C. The highest BCUT2D eigenvalue weighted by Crippen LogP contribution is 2.21. The van der Waals surface area contributed by atoms with Gasteiger partial charge in [0.1, 0.15) is 18.2 Å².